The normalized spacial score (nSPS) is 21.4. The Balaban J connectivity index is 1.32. The Kier molecular flexibility index (Phi) is 8.08. The number of β-amino-alcohol motifs (C(OH)–C–C–N with tert-alkyl or cyclic N) is 1. The quantitative estimate of drug-likeness (QED) is 0.209. The number of aryl methyl sites for hydroxylation is 1. The molecule has 2 aromatic carbocycles. The van der Waals surface area contributed by atoms with Gasteiger partial charge in [-0.25, -0.2) is 13.3 Å². The number of pyridine rings is 1. The maximum Gasteiger partial charge on any atom is 0.319 e. The molecule has 49 heavy (non-hydrogen) atoms. The molecule has 258 valence electrons. The third-order valence-corrected chi connectivity index (χ3v) is 10.4. The fraction of sp³-hybridized carbons (Fsp3) is 0.486. The first kappa shape index (κ1) is 32.1. The summed E-state index contributed by atoms with van der Waals surface area (Å²) in [6.45, 7) is 8.19. The highest BCUT2D eigenvalue weighted by molar-refractivity contribution is 6.07. The maximum absolute atomic E-state index is 17.4. The van der Waals surface area contributed by atoms with Crippen molar-refractivity contribution in [2.24, 2.45) is 5.41 Å². The summed E-state index contributed by atoms with van der Waals surface area (Å²) in [6.07, 6.45) is 7.72. The van der Waals surface area contributed by atoms with E-state index in [9.17, 15) is 10.2 Å². The minimum Gasteiger partial charge on any atom is -0.508 e. The molecular weight excluding hydrogens is 630 g/mol. The number of phenols is 1. The Morgan fingerprint density at radius 2 is 1.84 bits per heavy atom. The van der Waals surface area contributed by atoms with Crippen LogP contribution in [0.3, 0.4) is 0 Å². The lowest BCUT2D eigenvalue weighted by Gasteiger charge is -2.31. The Labute approximate surface area is 283 Å². The van der Waals surface area contributed by atoms with Crippen LogP contribution in [0.2, 0.25) is 0 Å². The third kappa shape index (κ3) is 5.93. The van der Waals surface area contributed by atoms with Gasteiger partial charge in [0.05, 0.1) is 43.5 Å². The summed E-state index contributed by atoms with van der Waals surface area (Å²) < 4.78 is 46.2. The second-order valence-corrected chi connectivity index (χ2v) is 14.4. The van der Waals surface area contributed by atoms with Crippen molar-refractivity contribution in [3.05, 3.63) is 53.7 Å². The van der Waals surface area contributed by atoms with Crippen molar-refractivity contribution >= 4 is 33.0 Å². The van der Waals surface area contributed by atoms with E-state index in [2.05, 4.69) is 10.00 Å². The summed E-state index contributed by atoms with van der Waals surface area (Å²) in [6, 6.07) is 7.76. The SMILES string of the molecule is CCc1c(F)ccc2cc(O)cc(-c3c(F)c4nc(OCC5(CN6CCCCC6)CC5)nc(N5CCOCC(C)(O)C5)c4c4ccnn34)c12. The predicted octanol–water partition coefficient (Wildman–Crippen LogP) is 5.88. The van der Waals surface area contributed by atoms with E-state index in [0.717, 1.165) is 32.5 Å². The number of halogens is 2. The molecule has 2 aliphatic heterocycles. The highest BCUT2D eigenvalue weighted by Crippen LogP contribution is 2.47. The number of anilines is 1. The maximum atomic E-state index is 17.4. The van der Waals surface area contributed by atoms with Crippen LogP contribution >= 0.6 is 0 Å². The number of rotatable bonds is 8. The summed E-state index contributed by atoms with van der Waals surface area (Å²) in [5.41, 5.74) is 0.112. The number of hydrogen-bond acceptors (Lipinski definition) is 9. The van der Waals surface area contributed by atoms with Gasteiger partial charge in [-0.05, 0) is 92.7 Å². The molecular formula is C37H42F2N6O4. The summed E-state index contributed by atoms with van der Waals surface area (Å²) in [4.78, 5) is 14.0. The Hall–Kier alpha value is -4.13. The first-order chi connectivity index (χ1) is 23.7. The lowest BCUT2D eigenvalue weighted by molar-refractivity contribution is -0.0123. The van der Waals surface area contributed by atoms with Gasteiger partial charge >= 0.3 is 6.01 Å². The number of fused-ring (bicyclic) bond motifs is 4. The number of aromatic hydroxyl groups is 1. The van der Waals surface area contributed by atoms with Gasteiger partial charge in [0.25, 0.3) is 0 Å². The van der Waals surface area contributed by atoms with Crippen LogP contribution in [0.25, 0.3) is 38.4 Å². The van der Waals surface area contributed by atoms with Gasteiger partial charge in [-0.3, -0.25) is 0 Å². The molecule has 10 nitrogen and oxygen atoms in total. The van der Waals surface area contributed by atoms with Crippen LogP contribution in [-0.4, -0.2) is 92.8 Å². The number of aliphatic hydroxyl groups is 1. The average Bonchev–Trinajstić information content (AvgIpc) is 3.73. The molecule has 1 aliphatic carbocycles. The lowest BCUT2D eigenvalue weighted by atomic mass is 9.94. The van der Waals surface area contributed by atoms with Gasteiger partial charge in [-0.1, -0.05) is 19.4 Å². The zero-order valence-electron chi connectivity index (χ0n) is 28.0. The molecule has 2 N–H and O–H groups in total. The van der Waals surface area contributed by atoms with Crippen molar-refractivity contribution in [1.82, 2.24) is 24.5 Å². The molecule has 5 heterocycles. The van der Waals surface area contributed by atoms with E-state index < -0.39 is 17.2 Å². The lowest BCUT2D eigenvalue weighted by Crippen LogP contribution is -2.42. The molecule has 0 amide bonds. The Bertz CT molecular complexity index is 2060. The molecule has 1 atom stereocenters. The van der Waals surface area contributed by atoms with Gasteiger partial charge in [0.1, 0.15) is 34.2 Å². The highest BCUT2D eigenvalue weighted by atomic mass is 19.1. The van der Waals surface area contributed by atoms with Crippen molar-refractivity contribution < 1.29 is 28.5 Å². The van der Waals surface area contributed by atoms with Crippen LogP contribution in [0.4, 0.5) is 14.6 Å². The van der Waals surface area contributed by atoms with Gasteiger partial charge < -0.3 is 29.5 Å². The second-order valence-electron chi connectivity index (χ2n) is 14.4. The Morgan fingerprint density at radius 1 is 1.02 bits per heavy atom. The topological polar surface area (TPSA) is 108 Å². The van der Waals surface area contributed by atoms with E-state index in [1.165, 1.54) is 35.9 Å². The summed E-state index contributed by atoms with van der Waals surface area (Å²) in [7, 11) is 0. The summed E-state index contributed by atoms with van der Waals surface area (Å²) in [5, 5.41) is 27.9. The molecule has 2 saturated heterocycles. The monoisotopic (exact) mass is 672 g/mol. The molecule has 3 aromatic heterocycles. The van der Waals surface area contributed by atoms with Gasteiger partial charge in [0, 0.05) is 24.1 Å². The first-order valence-corrected chi connectivity index (χ1v) is 17.4. The molecule has 1 unspecified atom stereocenters. The summed E-state index contributed by atoms with van der Waals surface area (Å²) in [5.74, 6) is -0.790. The van der Waals surface area contributed by atoms with E-state index in [4.69, 9.17) is 19.4 Å². The molecule has 12 heteroatoms. The van der Waals surface area contributed by atoms with Crippen LogP contribution in [0.1, 0.15) is 51.5 Å². The number of nitrogens with zero attached hydrogens (tertiary/aromatic N) is 6. The van der Waals surface area contributed by atoms with E-state index in [0.29, 0.717) is 64.8 Å². The summed E-state index contributed by atoms with van der Waals surface area (Å²) >= 11 is 0. The number of benzene rings is 2. The number of likely N-dealkylation sites (tertiary alicyclic amines) is 1. The highest BCUT2D eigenvalue weighted by Gasteiger charge is 2.45. The van der Waals surface area contributed by atoms with E-state index in [1.54, 1.807) is 31.3 Å². The zero-order chi connectivity index (χ0) is 33.9. The minimum atomic E-state index is -1.18. The smallest absolute Gasteiger partial charge is 0.319 e. The van der Waals surface area contributed by atoms with Crippen molar-refractivity contribution in [2.75, 3.05) is 57.4 Å². The van der Waals surface area contributed by atoms with Crippen molar-refractivity contribution in [3.8, 4) is 23.0 Å². The first-order valence-electron chi connectivity index (χ1n) is 17.4. The van der Waals surface area contributed by atoms with Gasteiger partial charge in [-0.2, -0.15) is 15.1 Å². The number of phenolic OH excluding ortho intramolecular Hbond substituents is 1. The van der Waals surface area contributed by atoms with Crippen LogP contribution in [-0.2, 0) is 11.2 Å². The average molecular weight is 673 g/mol. The molecule has 5 aromatic rings. The largest absolute Gasteiger partial charge is 0.508 e. The fourth-order valence-corrected chi connectivity index (χ4v) is 7.78. The predicted molar refractivity (Wildman–Crippen MR) is 183 cm³/mol. The van der Waals surface area contributed by atoms with E-state index in [1.807, 2.05) is 11.8 Å². The van der Waals surface area contributed by atoms with Crippen LogP contribution in [0.5, 0.6) is 11.8 Å². The molecule has 0 radical (unpaired) electrons. The van der Waals surface area contributed by atoms with Gasteiger partial charge in [0.15, 0.2) is 5.82 Å². The molecule has 1 saturated carbocycles. The third-order valence-electron chi connectivity index (χ3n) is 10.4. The minimum absolute atomic E-state index is 0.0101. The van der Waals surface area contributed by atoms with Gasteiger partial charge in [-0.15, -0.1) is 0 Å². The van der Waals surface area contributed by atoms with E-state index >= 15 is 8.78 Å². The van der Waals surface area contributed by atoms with Crippen LogP contribution in [0, 0.1) is 17.0 Å². The number of ether oxygens (including phenoxy) is 2. The van der Waals surface area contributed by atoms with Crippen molar-refractivity contribution in [2.45, 2.75) is 58.0 Å². The molecule has 3 aliphatic rings. The Morgan fingerprint density at radius 3 is 2.61 bits per heavy atom. The van der Waals surface area contributed by atoms with Crippen LogP contribution < -0.4 is 9.64 Å². The van der Waals surface area contributed by atoms with Crippen molar-refractivity contribution in [1.29, 1.82) is 0 Å². The standard InChI is InChI=1S/C37H42F2N6O4/c1-3-25-27(38)8-7-23-17-24(46)18-26(29(23)25)33-31(39)32-30(28-9-12-40-45(28)33)34(44-15-16-48-21-36(2,47)19-44)42-35(41-32)49-22-37(10-11-37)20-43-13-5-4-6-14-43/h7-9,12,17-18,46-47H,3-6,10-11,13-16,19-22H2,1-2H3. The second kappa shape index (κ2) is 12.3. The molecule has 0 spiro atoms. The van der Waals surface area contributed by atoms with E-state index in [-0.39, 0.29) is 41.5 Å². The number of aromatic nitrogens is 4. The molecule has 8 rings (SSSR count). The van der Waals surface area contributed by atoms with Gasteiger partial charge in [0.2, 0.25) is 0 Å². The number of hydrogen-bond donors (Lipinski definition) is 2. The molecule has 0 bridgehead atoms. The zero-order valence-corrected chi connectivity index (χ0v) is 28.0. The number of piperidine rings is 1. The van der Waals surface area contributed by atoms with Crippen molar-refractivity contribution in [3.63, 3.8) is 0 Å². The van der Waals surface area contributed by atoms with Crippen LogP contribution in [0.15, 0.2) is 36.5 Å². The fourth-order valence-electron chi connectivity index (χ4n) is 7.78. The molecule has 3 fully saturated rings.